The summed E-state index contributed by atoms with van der Waals surface area (Å²) in [5.74, 6) is -0.764. The third kappa shape index (κ3) is 7.27. The Morgan fingerprint density at radius 2 is 1.81 bits per heavy atom. The van der Waals surface area contributed by atoms with E-state index in [0.29, 0.717) is 13.0 Å². The van der Waals surface area contributed by atoms with Crippen LogP contribution in [-0.4, -0.2) is 32.4 Å². The van der Waals surface area contributed by atoms with E-state index in [9.17, 15) is 13.2 Å². The molecule has 1 amide bonds. The number of carbonyl (C=O) groups is 1. The number of sulfone groups is 1. The molecule has 0 saturated carbocycles. The Balaban J connectivity index is 2.48. The minimum atomic E-state index is -3.27. The number of nitrogens with one attached hydrogen (secondary N) is 1. The normalized spacial score (nSPS) is 12.1. The minimum absolute atomic E-state index is 0.0633. The summed E-state index contributed by atoms with van der Waals surface area (Å²) in [6.45, 7) is 6.36. The van der Waals surface area contributed by atoms with Crippen LogP contribution in [-0.2, 0) is 21.1 Å². The van der Waals surface area contributed by atoms with Gasteiger partial charge in [-0.1, -0.05) is 51.1 Å². The molecular formula is C16H25NO3S. The van der Waals surface area contributed by atoms with Gasteiger partial charge in [-0.3, -0.25) is 4.79 Å². The summed E-state index contributed by atoms with van der Waals surface area (Å²) in [5.41, 5.74) is 1.08. The third-order valence-corrected chi connectivity index (χ3v) is 4.89. The van der Waals surface area contributed by atoms with E-state index < -0.39 is 21.5 Å². The fourth-order valence-corrected chi connectivity index (χ4v) is 3.45. The minimum Gasteiger partial charge on any atom is -0.355 e. The fraction of sp³-hybridized carbons (Fsp3) is 0.562. The van der Waals surface area contributed by atoms with Gasteiger partial charge in [-0.25, -0.2) is 8.42 Å². The lowest BCUT2D eigenvalue weighted by Gasteiger charge is -2.25. The SMILES string of the molecule is CCCS(=O)(=O)CC(=O)NCC(C)(C)Cc1ccccc1. The predicted molar refractivity (Wildman–Crippen MR) is 85.9 cm³/mol. The van der Waals surface area contributed by atoms with Gasteiger partial charge in [-0.05, 0) is 23.8 Å². The molecule has 4 nitrogen and oxygen atoms in total. The molecule has 0 bridgehead atoms. The first-order valence-corrected chi connectivity index (χ1v) is 9.07. The first-order valence-electron chi connectivity index (χ1n) is 7.25. The maximum atomic E-state index is 11.7. The van der Waals surface area contributed by atoms with E-state index in [2.05, 4.69) is 31.3 Å². The van der Waals surface area contributed by atoms with Crippen molar-refractivity contribution in [2.45, 2.75) is 33.6 Å². The molecule has 0 unspecified atom stereocenters. The standard InChI is InChI=1S/C16H25NO3S/c1-4-10-21(19,20)12-15(18)17-13-16(2,3)11-14-8-6-5-7-9-14/h5-9H,4,10-13H2,1-3H3,(H,17,18). The first kappa shape index (κ1) is 17.7. The van der Waals surface area contributed by atoms with Crippen molar-refractivity contribution in [3.05, 3.63) is 35.9 Å². The van der Waals surface area contributed by atoms with E-state index in [4.69, 9.17) is 0 Å². The molecule has 21 heavy (non-hydrogen) atoms. The lowest BCUT2D eigenvalue weighted by molar-refractivity contribution is -0.119. The molecule has 0 aliphatic carbocycles. The molecule has 0 atom stereocenters. The molecule has 1 rings (SSSR count). The van der Waals surface area contributed by atoms with Crippen LogP contribution in [0.5, 0.6) is 0 Å². The highest BCUT2D eigenvalue weighted by Gasteiger charge is 2.21. The van der Waals surface area contributed by atoms with E-state index in [0.717, 1.165) is 6.42 Å². The van der Waals surface area contributed by atoms with E-state index in [-0.39, 0.29) is 11.2 Å². The lowest BCUT2D eigenvalue weighted by Crippen LogP contribution is -2.38. The molecule has 1 aromatic carbocycles. The molecule has 0 aromatic heterocycles. The van der Waals surface area contributed by atoms with Gasteiger partial charge in [0.15, 0.2) is 9.84 Å². The fourth-order valence-electron chi connectivity index (χ4n) is 2.18. The Bertz CT molecular complexity index is 550. The van der Waals surface area contributed by atoms with E-state index in [1.807, 2.05) is 18.2 Å². The third-order valence-electron chi connectivity index (χ3n) is 3.16. The van der Waals surface area contributed by atoms with Gasteiger partial charge in [-0.15, -0.1) is 0 Å². The van der Waals surface area contributed by atoms with Crippen LogP contribution in [0.2, 0.25) is 0 Å². The molecule has 1 aromatic rings. The van der Waals surface area contributed by atoms with Crippen LogP contribution in [0.15, 0.2) is 30.3 Å². The molecule has 0 aliphatic rings. The monoisotopic (exact) mass is 311 g/mol. The summed E-state index contributed by atoms with van der Waals surface area (Å²) in [5, 5.41) is 2.74. The number of hydrogen-bond acceptors (Lipinski definition) is 3. The predicted octanol–water partition coefficient (Wildman–Crippen LogP) is 2.20. The van der Waals surface area contributed by atoms with Crippen molar-refractivity contribution in [1.82, 2.24) is 5.32 Å². The van der Waals surface area contributed by atoms with Gasteiger partial charge in [0.05, 0.1) is 5.75 Å². The molecule has 0 aliphatic heterocycles. The van der Waals surface area contributed by atoms with Gasteiger partial charge in [0, 0.05) is 6.54 Å². The van der Waals surface area contributed by atoms with Crippen LogP contribution in [0.3, 0.4) is 0 Å². The van der Waals surface area contributed by atoms with Crippen molar-refractivity contribution in [1.29, 1.82) is 0 Å². The van der Waals surface area contributed by atoms with Crippen molar-refractivity contribution in [2.75, 3.05) is 18.1 Å². The van der Waals surface area contributed by atoms with Gasteiger partial charge in [0.1, 0.15) is 5.75 Å². The zero-order valence-corrected chi connectivity index (χ0v) is 13.9. The van der Waals surface area contributed by atoms with Gasteiger partial charge >= 0.3 is 0 Å². The van der Waals surface area contributed by atoms with Gasteiger partial charge in [0.25, 0.3) is 0 Å². The smallest absolute Gasteiger partial charge is 0.235 e. The molecule has 118 valence electrons. The molecule has 0 radical (unpaired) electrons. The largest absolute Gasteiger partial charge is 0.355 e. The maximum Gasteiger partial charge on any atom is 0.235 e. The number of rotatable bonds is 8. The summed E-state index contributed by atoms with van der Waals surface area (Å²) in [4.78, 5) is 11.7. The number of hydrogen-bond donors (Lipinski definition) is 1. The zero-order valence-electron chi connectivity index (χ0n) is 13.1. The summed E-state index contributed by atoms with van der Waals surface area (Å²) >= 11 is 0. The second-order valence-electron chi connectivity index (χ2n) is 6.20. The molecule has 1 N–H and O–H groups in total. The Labute approximate surface area is 127 Å². The van der Waals surface area contributed by atoms with Crippen LogP contribution in [0.25, 0.3) is 0 Å². The average molecular weight is 311 g/mol. The van der Waals surface area contributed by atoms with E-state index in [1.54, 1.807) is 6.92 Å². The van der Waals surface area contributed by atoms with Crippen molar-refractivity contribution in [3.63, 3.8) is 0 Å². The van der Waals surface area contributed by atoms with Crippen LogP contribution < -0.4 is 5.32 Å². The van der Waals surface area contributed by atoms with Crippen molar-refractivity contribution in [3.8, 4) is 0 Å². The molecule has 0 fully saturated rings. The second kappa shape index (κ2) is 7.59. The number of benzene rings is 1. The highest BCUT2D eigenvalue weighted by Crippen LogP contribution is 2.20. The summed E-state index contributed by atoms with van der Waals surface area (Å²) in [7, 11) is -3.27. The van der Waals surface area contributed by atoms with Gasteiger partial charge in [-0.2, -0.15) is 0 Å². The molecule has 0 saturated heterocycles. The molecule has 0 spiro atoms. The Morgan fingerprint density at radius 3 is 2.38 bits per heavy atom. The summed E-state index contributed by atoms with van der Waals surface area (Å²) in [6, 6.07) is 10.0. The highest BCUT2D eigenvalue weighted by atomic mass is 32.2. The van der Waals surface area contributed by atoms with Crippen molar-refractivity contribution >= 4 is 15.7 Å². The zero-order chi connectivity index (χ0) is 15.9. The second-order valence-corrected chi connectivity index (χ2v) is 8.38. The Kier molecular flexibility index (Phi) is 6.40. The van der Waals surface area contributed by atoms with Gasteiger partial charge in [0.2, 0.25) is 5.91 Å². The number of carbonyl (C=O) groups excluding carboxylic acids is 1. The Morgan fingerprint density at radius 1 is 1.19 bits per heavy atom. The maximum absolute atomic E-state index is 11.7. The van der Waals surface area contributed by atoms with Crippen molar-refractivity contribution in [2.24, 2.45) is 5.41 Å². The topological polar surface area (TPSA) is 63.2 Å². The van der Waals surface area contributed by atoms with Crippen LogP contribution >= 0.6 is 0 Å². The molecular weight excluding hydrogens is 286 g/mol. The van der Waals surface area contributed by atoms with Crippen LogP contribution in [0, 0.1) is 5.41 Å². The summed E-state index contributed by atoms with van der Waals surface area (Å²) < 4.78 is 23.2. The van der Waals surface area contributed by atoms with E-state index in [1.165, 1.54) is 5.56 Å². The van der Waals surface area contributed by atoms with Crippen LogP contribution in [0.1, 0.15) is 32.8 Å². The Hall–Kier alpha value is -1.36. The lowest BCUT2D eigenvalue weighted by atomic mass is 9.86. The van der Waals surface area contributed by atoms with E-state index >= 15 is 0 Å². The highest BCUT2D eigenvalue weighted by molar-refractivity contribution is 7.92. The molecule has 0 heterocycles. The van der Waals surface area contributed by atoms with Crippen LogP contribution in [0.4, 0.5) is 0 Å². The first-order chi connectivity index (χ1) is 9.74. The van der Waals surface area contributed by atoms with Crippen molar-refractivity contribution < 1.29 is 13.2 Å². The quantitative estimate of drug-likeness (QED) is 0.800. The number of amides is 1. The summed E-state index contributed by atoms with van der Waals surface area (Å²) in [6.07, 6.45) is 1.37. The average Bonchev–Trinajstić information content (AvgIpc) is 2.36. The molecule has 5 heteroatoms. The van der Waals surface area contributed by atoms with Gasteiger partial charge < -0.3 is 5.32 Å².